The van der Waals surface area contributed by atoms with Crippen LogP contribution in [0.1, 0.15) is 22.5 Å². The Morgan fingerprint density at radius 1 is 1.33 bits per heavy atom. The Kier molecular flexibility index (Phi) is 3.55. The number of carbonyl (C=O) groups is 1. The largest absolute Gasteiger partial charge is 0.339 e. The van der Waals surface area contributed by atoms with E-state index in [9.17, 15) is 13.2 Å². The van der Waals surface area contributed by atoms with Crippen LogP contribution in [-0.4, -0.2) is 18.9 Å². The zero-order valence-electron chi connectivity index (χ0n) is 13.0. The molecule has 8 heteroatoms. The predicted molar refractivity (Wildman–Crippen MR) is 89.2 cm³/mol. The molecule has 0 spiro atoms. The maximum atomic E-state index is 12.2. The fraction of sp³-hybridized carbons (Fsp3) is 0.125. The highest BCUT2D eigenvalue weighted by atomic mass is 32.2. The van der Waals surface area contributed by atoms with E-state index in [1.54, 1.807) is 23.8 Å². The molecule has 7 nitrogen and oxygen atoms in total. The zero-order valence-corrected chi connectivity index (χ0v) is 13.8. The molecule has 2 heterocycles. The molecule has 1 aromatic carbocycles. The summed E-state index contributed by atoms with van der Waals surface area (Å²) in [4.78, 5) is 12.2. The number of sulfonamides is 1. The van der Waals surface area contributed by atoms with Crippen LogP contribution in [0.5, 0.6) is 0 Å². The van der Waals surface area contributed by atoms with Crippen molar-refractivity contribution in [2.45, 2.75) is 11.8 Å². The number of hydrogen-bond donors (Lipinski definition) is 2. The maximum Gasteiger partial charge on any atom is 0.256 e. The van der Waals surface area contributed by atoms with Gasteiger partial charge in [0.2, 0.25) is 10.0 Å². The quantitative estimate of drug-likeness (QED) is 0.801. The van der Waals surface area contributed by atoms with Crippen molar-refractivity contribution >= 4 is 33.3 Å². The SMILES string of the molecule is Cc1c(C=C2C(=O)Nc3ccc(S(N)(=O)=O)cc32)cc(C#N)n1C. The molecule has 0 saturated heterocycles. The number of nitrogens with two attached hydrogens (primary N) is 1. The molecule has 122 valence electrons. The van der Waals surface area contributed by atoms with Crippen LogP contribution in [-0.2, 0) is 21.9 Å². The first-order valence-corrected chi connectivity index (χ1v) is 8.53. The molecule has 3 N–H and O–H groups in total. The van der Waals surface area contributed by atoms with Gasteiger partial charge in [0.1, 0.15) is 11.8 Å². The monoisotopic (exact) mass is 342 g/mol. The van der Waals surface area contributed by atoms with E-state index in [1.165, 1.54) is 18.2 Å². The maximum absolute atomic E-state index is 12.2. The van der Waals surface area contributed by atoms with Gasteiger partial charge >= 0.3 is 0 Å². The molecule has 2 aromatic rings. The Morgan fingerprint density at radius 3 is 2.62 bits per heavy atom. The first-order valence-electron chi connectivity index (χ1n) is 6.99. The number of rotatable bonds is 2. The van der Waals surface area contributed by atoms with Crippen LogP contribution < -0.4 is 10.5 Å². The number of carbonyl (C=O) groups excluding carboxylic acids is 1. The lowest BCUT2D eigenvalue weighted by atomic mass is 10.0. The third kappa shape index (κ3) is 2.50. The van der Waals surface area contributed by atoms with Crippen LogP contribution in [0.15, 0.2) is 29.2 Å². The molecule has 0 aliphatic carbocycles. The average molecular weight is 342 g/mol. The van der Waals surface area contributed by atoms with E-state index in [0.29, 0.717) is 28.1 Å². The summed E-state index contributed by atoms with van der Waals surface area (Å²) in [7, 11) is -2.10. The summed E-state index contributed by atoms with van der Waals surface area (Å²) >= 11 is 0. The molecule has 0 fully saturated rings. The second-order valence-electron chi connectivity index (χ2n) is 5.51. The van der Waals surface area contributed by atoms with Crippen molar-refractivity contribution in [3.8, 4) is 6.07 Å². The molecule has 0 bridgehead atoms. The number of hydrogen-bond acceptors (Lipinski definition) is 4. The Hall–Kier alpha value is -2.89. The summed E-state index contributed by atoms with van der Waals surface area (Å²) in [6.07, 6.45) is 1.64. The standard InChI is InChI=1S/C16H14N4O3S/c1-9-10(5-11(8-17)20(9)2)6-14-13-7-12(24(18,22)23)3-4-15(13)19-16(14)21/h3-7H,1-2H3,(H,19,21)(H2,18,22,23). The third-order valence-corrected chi connectivity index (χ3v) is 5.00. The Bertz CT molecular complexity index is 1060. The van der Waals surface area contributed by atoms with Crippen LogP contribution in [0.4, 0.5) is 5.69 Å². The van der Waals surface area contributed by atoms with Gasteiger partial charge < -0.3 is 9.88 Å². The fourth-order valence-electron chi connectivity index (χ4n) is 2.62. The van der Waals surface area contributed by atoms with Crippen molar-refractivity contribution in [1.29, 1.82) is 5.26 Å². The van der Waals surface area contributed by atoms with E-state index in [4.69, 9.17) is 10.4 Å². The number of primary sulfonamides is 1. The smallest absolute Gasteiger partial charge is 0.256 e. The molecular weight excluding hydrogens is 328 g/mol. The first-order chi connectivity index (χ1) is 11.2. The van der Waals surface area contributed by atoms with E-state index in [2.05, 4.69) is 11.4 Å². The highest BCUT2D eigenvalue weighted by Crippen LogP contribution is 2.35. The van der Waals surface area contributed by atoms with Gasteiger partial charge in [-0.25, -0.2) is 13.6 Å². The van der Waals surface area contributed by atoms with E-state index < -0.39 is 10.0 Å². The Morgan fingerprint density at radius 2 is 2.04 bits per heavy atom. The van der Waals surface area contributed by atoms with Crippen molar-refractivity contribution < 1.29 is 13.2 Å². The first kappa shape index (κ1) is 16.0. The van der Waals surface area contributed by atoms with Gasteiger partial charge in [0.15, 0.2) is 0 Å². The molecule has 1 aliphatic heterocycles. The number of anilines is 1. The number of fused-ring (bicyclic) bond motifs is 1. The van der Waals surface area contributed by atoms with Crippen LogP contribution in [0.2, 0.25) is 0 Å². The second-order valence-corrected chi connectivity index (χ2v) is 7.07. The van der Waals surface area contributed by atoms with Gasteiger partial charge in [-0.05, 0) is 42.8 Å². The van der Waals surface area contributed by atoms with Crippen molar-refractivity contribution in [2.24, 2.45) is 12.2 Å². The van der Waals surface area contributed by atoms with Crippen LogP contribution >= 0.6 is 0 Å². The van der Waals surface area contributed by atoms with Crippen molar-refractivity contribution in [2.75, 3.05) is 5.32 Å². The summed E-state index contributed by atoms with van der Waals surface area (Å²) in [5.74, 6) is -0.335. The minimum Gasteiger partial charge on any atom is -0.339 e. The summed E-state index contributed by atoms with van der Waals surface area (Å²) in [5.41, 5.74) is 3.32. The van der Waals surface area contributed by atoms with E-state index in [1.807, 2.05) is 6.92 Å². The molecule has 3 rings (SSSR count). The number of nitrogens with zero attached hydrogens (tertiary/aromatic N) is 2. The molecule has 0 atom stereocenters. The van der Waals surface area contributed by atoms with Crippen molar-refractivity contribution in [3.63, 3.8) is 0 Å². The van der Waals surface area contributed by atoms with Gasteiger partial charge in [-0.2, -0.15) is 5.26 Å². The van der Waals surface area contributed by atoms with Gasteiger partial charge in [0, 0.05) is 29.6 Å². The van der Waals surface area contributed by atoms with Crippen LogP contribution in [0.25, 0.3) is 11.6 Å². The molecule has 0 radical (unpaired) electrons. The topological polar surface area (TPSA) is 118 Å². The molecular formula is C16H14N4O3S. The highest BCUT2D eigenvalue weighted by molar-refractivity contribution is 7.89. The van der Waals surface area contributed by atoms with E-state index in [-0.39, 0.29) is 10.8 Å². The van der Waals surface area contributed by atoms with Gasteiger partial charge in [0.05, 0.1) is 4.90 Å². The number of nitrogens with one attached hydrogen (secondary N) is 1. The number of amides is 1. The van der Waals surface area contributed by atoms with Gasteiger partial charge in [-0.15, -0.1) is 0 Å². The zero-order chi connectivity index (χ0) is 17.6. The van der Waals surface area contributed by atoms with Gasteiger partial charge in [-0.3, -0.25) is 4.79 Å². The molecule has 1 aliphatic rings. The minimum atomic E-state index is -3.87. The Labute approximate surface area is 139 Å². The molecule has 0 unspecified atom stereocenters. The summed E-state index contributed by atoms with van der Waals surface area (Å²) in [6.45, 7) is 1.84. The summed E-state index contributed by atoms with van der Waals surface area (Å²) in [5, 5.41) is 16.9. The average Bonchev–Trinajstić information content (AvgIpc) is 2.97. The second kappa shape index (κ2) is 5.33. The Balaban J connectivity index is 2.18. The van der Waals surface area contributed by atoms with Gasteiger partial charge in [0.25, 0.3) is 5.91 Å². The minimum absolute atomic E-state index is 0.0638. The molecule has 24 heavy (non-hydrogen) atoms. The number of aromatic nitrogens is 1. The predicted octanol–water partition coefficient (Wildman–Crippen LogP) is 1.35. The summed E-state index contributed by atoms with van der Waals surface area (Å²) < 4.78 is 24.8. The molecule has 1 amide bonds. The fourth-order valence-corrected chi connectivity index (χ4v) is 3.16. The van der Waals surface area contributed by atoms with E-state index >= 15 is 0 Å². The third-order valence-electron chi connectivity index (χ3n) is 4.09. The van der Waals surface area contributed by atoms with Gasteiger partial charge in [-0.1, -0.05) is 0 Å². The lowest BCUT2D eigenvalue weighted by Gasteiger charge is -2.03. The van der Waals surface area contributed by atoms with Crippen LogP contribution in [0.3, 0.4) is 0 Å². The number of nitriles is 1. The van der Waals surface area contributed by atoms with E-state index in [0.717, 1.165) is 5.69 Å². The van der Waals surface area contributed by atoms with Crippen LogP contribution in [0, 0.1) is 18.3 Å². The lowest BCUT2D eigenvalue weighted by Crippen LogP contribution is -2.12. The molecule has 0 saturated carbocycles. The summed E-state index contributed by atoms with van der Waals surface area (Å²) in [6, 6.07) is 7.98. The molecule has 1 aromatic heterocycles. The lowest BCUT2D eigenvalue weighted by molar-refractivity contribution is -0.110. The normalized spacial score (nSPS) is 15.2. The highest BCUT2D eigenvalue weighted by Gasteiger charge is 2.26. The number of benzene rings is 1. The van der Waals surface area contributed by atoms with Crippen molar-refractivity contribution in [1.82, 2.24) is 4.57 Å². The van der Waals surface area contributed by atoms with Crippen molar-refractivity contribution in [3.05, 3.63) is 46.8 Å².